The first kappa shape index (κ1) is 16.5. The van der Waals surface area contributed by atoms with E-state index in [4.69, 9.17) is 4.74 Å². The van der Waals surface area contributed by atoms with Crippen LogP contribution in [0.3, 0.4) is 0 Å². The first-order chi connectivity index (χ1) is 10.6. The predicted octanol–water partition coefficient (Wildman–Crippen LogP) is 2.78. The quantitative estimate of drug-likeness (QED) is 0.564. The summed E-state index contributed by atoms with van der Waals surface area (Å²) in [5.74, 6) is 0.147. The van der Waals surface area contributed by atoms with E-state index in [0.717, 1.165) is 32.1 Å². The van der Waals surface area contributed by atoms with Gasteiger partial charge in [-0.25, -0.2) is 0 Å². The van der Waals surface area contributed by atoms with Gasteiger partial charge in [0.15, 0.2) is 0 Å². The highest BCUT2D eigenvalue weighted by Crippen LogP contribution is 2.28. The summed E-state index contributed by atoms with van der Waals surface area (Å²) in [6.45, 7) is 2.57. The smallest absolute Gasteiger partial charge is 0.325 e. The Balaban J connectivity index is 1.49. The Bertz CT molecular complexity index is 492. The molecule has 0 unspecified atom stereocenters. The molecule has 4 heteroatoms. The molecular formula is C18H25NO3. The van der Waals surface area contributed by atoms with Crippen LogP contribution in [0, 0.1) is 12.8 Å². The van der Waals surface area contributed by atoms with Crippen LogP contribution in [0.1, 0.15) is 43.2 Å². The largest absolute Gasteiger partial charge is 0.464 e. The predicted molar refractivity (Wildman–Crippen MR) is 85.4 cm³/mol. The minimum absolute atomic E-state index is 0.0104. The molecule has 0 spiro atoms. The number of ether oxygens (including phenoxy) is 1. The monoisotopic (exact) mass is 303 g/mol. The number of hydrogen-bond acceptors (Lipinski definition) is 3. The molecule has 0 atom stereocenters. The molecule has 1 aliphatic rings. The summed E-state index contributed by atoms with van der Waals surface area (Å²) >= 11 is 0. The van der Waals surface area contributed by atoms with Crippen molar-refractivity contribution in [3.8, 4) is 0 Å². The molecular weight excluding hydrogens is 278 g/mol. The van der Waals surface area contributed by atoms with Crippen LogP contribution < -0.4 is 5.32 Å². The topological polar surface area (TPSA) is 55.4 Å². The van der Waals surface area contributed by atoms with E-state index in [0.29, 0.717) is 18.9 Å². The second kappa shape index (κ2) is 8.57. The van der Waals surface area contributed by atoms with Crippen LogP contribution in [0.4, 0.5) is 0 Å². The fraction of sp³-hybridized carbons (Fsp3) is 0.556. The van der Waals surface area contributed by atoms with Crippen molar-refractivity contribution >= 4 is 11.9 Å². The molecule has 4 nitrogen and oxygen atoms in total. The number of nitrogens with one attached hydrogen (secondary N) is 1. The molecule has 2 rings (SSSR count). The van der Waals surface area contributed by atoms with E-state index in [1.54, 1.807) is 0 Å². The van der Waals surface area contributed by atoms with E-state index in [9.17, 15) is 9.59 Å². The molecule has 1 saturated carbocycles. The first-order valence-electron chi connectivity index (χ1n) is 8.11. The Hall–Kier alpha value is -1.84. The maximum atomic E-state index is 11.6. The third-order valence-electron chi connectivity index (χ3n) is 3.85. The fourth-order valence-electron chi connectivity index (χ4n) is 2.17. The Morgan fingerprint density at radius 1 is 1.18 bits per heavy atom. The van der Waals surface area contributed by atoms with Crippen LogP contribution in [0.25, 0.3) is 0 Å². The lowest BCUT2D eigenvalue weighted by Crippen LogP contribution is -2.30. The van der Waals surface area contributed by atoms with Crippen molar-refractivity contribution < 1.29 is 14.3 Å². The van der Waals surface area contributed by atoms with Gasteiger partial charge in [0, 0.05) is 6.42 Å². The summed E-state index contributed by atoms with van der Waals surface area (Å²) in [7, 11) is 0. The summed E-state index contributed by atoms with van der Waals surface area (Å²) < 4.78 is 5.06. The van der Waals surface area contributed by atoms with E-state index in [1.165, 1.54) is 11.1 Å². The van der Waals surface area contributed by atoms with Gasteiger partial charge >= 0.3 is 5.97 Å². The summed E-state index contributed by atoms with van der Waals surface area (Å²) in [5, 5.41) is 2.62. The van der Waals surface area contributed by atoms with Gasteiger partial charge in [0.25, 0.3) is 0 Å². The van der Waals surface area contributed by atoms with Crippen molar-refractivity contribution in [3.63, 3.8) is 0 Å². The number of hydrogen-bond donors (Lipinski definition) is 1. The molecule has 1 N–H and O–H groups in total. The third-order valence-corrected chi connectivity index (χ3v) is 3.85. The first-order valence-corrected chi connectivity index (χ1v) is 8.11. The molecule has 0 aromatic heterocycles. The average Bonchev–Trinajstić information content (AvgIpc) is 3.33. The number of esters is 1. The molecule has 0 radical (unpaired) electrons. The van der Waals surface area contributed by atoms with Crippen LogP contribution in [0.15, 0.2) is 24.3 Å². The number of carbonyl (C=O) groups is 2. The number of amides is 1. The molecule has 0 heterocycles. The third kappa shape index (κ3) is 6.74. The second-order valence-corrected chi connectivity index (χ2v) is 6.10. The molecule has 22 heavy (non-hydrogen) atoms. The fourth-order valence-corrected chi connectivity index (χ4v) is 2.17. The van der Waals surface area contributed by atoms with Gasteiger partial charge in [-0.05, 0) is 50.5 Å². The van der Waals surface area contributed by atoms with Gasteiger partial charge in [0.1, 0.15) is 6.54 Å². The van der Waals surface area contributed by atoms with Crippen molar-refractivity contribution in [2.45, 2.75) is 45.4 Å². The summed E-state index contributed by atoms with van der Waals surface area (Å²) in [6, 6.07) is 8.47. The summed E-state index contributed by atoms with van der Waals surface area (Å²) in [6.07, 6.45) is 5.55. The molecule has 1 aromatic rings. The van der Waals surface area contributed by atoms with Gasteiger partial charge in [-0.2, -0.15) is 0 Å². The lowest BCUT2D eigenvalue weighted by atomic mass is 10.1. The Morgan fingerprint density at radius 2 is 1.91 bits per heavy atom. The Kier molecular flexibility index (Phi) is 6.44. The van der Waals surface area contributed by atoms with Crippen molar-refractivity contribution in [1.29, 1.82) is 0 Å². The zero-order valence-corrected chi connectivity index (χ0v) is 13.3. The van der Waals surface area contributed by atoms with Crippen LogP contribution in [-0.4, -0.2) is 25.0 Å². The van der Waals surface area contributed by atoms with Gasteiger partial charge in [-0.3, -0.25) is 9.59 Å². The number of rotatable bonds is 9. The molecule has 120 valence electrons. The SMILES string of the molecule is Cc1ccc(CCCCC(=O)NCC(=O)OCC2CC2)cc1. The molecule has 1 amide bonds. The van der Waals surface area contributed by atoms with Crippen LogP contribution >= 0.6 is 0 Å². The van der Waals surface area contributed by atoms with E-state index in [-0.39, 0.29) is 18.4 Å². The standard InChI is InChI=1S/C18H25NO3/c1-14-6-8-15(9-7-14)4-2-3-5-17(20)19-12-18(21)22-13-16-10-11-16/h6-9,16H,2-5,10-13H2,1H3,(H,19,20). The molecule has 0 saturated heterocycles. The maximum Gasteiger partial charge on any atom is 0.325 e. The number of carbonyl (C=O) groups excluding carboxylic acids is 2. The van der Waals surface area contributed by atoms with Crippen LogP contribution in [-0.2, 0) is 20.7 Å². The number of benzene rings is 1. The summed E-state index contributed by atoms with van der Waals surface area (Å²) in [5.41, 5.74) is 2.56. The molecule has 1 aliphatic carbocycles. The van der Waals surface area contributed by atoms with Gasteiger partial charge in [-0.1, -0.05) is 29.8 Å². The molecule has 1 aromatic carbocycles. The highest BCUT2D eigenvalue weighted by atomic mass is 16.5. The Labute approximate surface area is 132 Å². The second-order valence-electron chi connectivity index (χ2n) is 6.10. The van der Waals surface area contributed by atoms with Gasteiger partial charge in [0.2, 0.25) is 5.91 Å². The zero-order valence-electron chi connectivity index (χ0n) is 13.3. The van der Waals surface area contributed by atoms with E-state index >= 15 is 0 Å². The maximum absolute atomic E-state index is 11.6. The van der Waals surface area contributed by atoms with Crippen molar-refractivity contribution in [1.82, 2.24) is 5.32 Å². The van der Waals surface area contributed by atoms with Gasteiger partial charge in [-0.15, -0.1) is 0 Å². The Morgan fingerprint density at radius 3 is 2.59 bits per heavy atom. The van der Waals surface area contributed by atoms with Crippen LogP contribution in [0.2, 0.25) is 0 Å². The summed E-state index contributed by atoms with van der Waals surface area (Å²) in [4.78, 5) is 23.0. The average molecular weight is 303 g/mol. The zero-order chi connectivity index (χ0) is 15.8. The molecule has 1 fully saturated rings. The number of unbranched alkanes of at least 4 members (excludes halogenated alkanes) is 1. The van der Waals surface area contributed by atoms with Gasteiger partial charge < -0.3 is 10.1 Å². The molecule has 0 aliphatic heterocycles. The van der Waals surface area contributed by atoms with E-state index < -0.39 is 0 Å². The highest BCUT2D eigenvalue weighted by Gasteiger charge is 2.22. The van der Waals surface area contributed by atoms with Crippen molar-refractivity contribution in [3.05, 3.63) is 35.4 Å². The number of aryl methyl sites for hydroxylation is 2. The normalized spacial score (nSPS) is 13.7. The van der Waals surface area contributed by atoms with Crippen LogP contribution in [0.5, 0.6) is 0 Å². The van der Waals surface area contributed by atoms with E-state index in [1.807, 2.05) is 0 Å². The minimum Gasteiger partial charge on any atom is -0.464 e. The lowest BCUT2D eigenvalue weighted by molar-refractivity contribution is -0.144. The van der Waals surface area contributed by atoms with Crippen molar-refractivity contribution in [2.24, 2.45) is 5.92 Å². The van der Waals surface area contributed by atoms with Crippen molar-refractivity contribution in [2.75, 3.05) is 13.2 Å². The van der Waals surface area contributed by atoms with Gasteiger partial charge in [0.05, 0.1) is 6.61 Å². The lowest BCUT2D eigenvalue weighted by Gasteiger charge is -2.06. The molecule has 0 bridgehead atoms. The highest BCUT2D eigenvalue weighted by molar-refractivity contribution is 5.81. The van der Waals surface area contributed by atoms with E-state index in [2.05, 4.69) is 36.5 Å². The minimum atomic E-state index is -0.333.